The first-order chi connectivity index (χ1) is 13.2. The molecule has 5 nitrogen and oxygen atoms in total. The number of anilines is 1. The van der Waals surface area contributed by atoms with Crippen LogP contribution in [0.2, 0.25) is 0 Å². The summed E-state index contributed by atoms with van der Waals surface area (Å²) in [6.45, 7) is 7.28. The molecule has 0 radical (unpaired) electrons. The molecule has 27 heavy (non-hydrogen) atoms. The standard InChI is InChI=1S/C21H26N4OS/c1-3-25(15(2)26)21-23-17(14-27-21)13-24-10-8-16(9-11-24)19-12-22-20-7-5-4-6-18(19)20/h4-7,12,14,16,22H,3,8-11,13H2,1-2H3. The van der Waals surface area contributed by atoms with Crippen molar-refractivity contribution in [3.05, 3.63) is 47.1 Å². The number of carbonyl (C=O) groups excluding carboxylic acids is 1. The summed E-state index contributed by atoms with van der Waals surface area (Å²) in [5.41, 5.74) is 3.76. The lowest BCUT2D eigenvalue weighted by molar-refractivity contribution is -0.116. The highest BCUT2D eigenvalue weighted by atomic mass is 32.1. The van der Waals surface area contributed by atoms with Crippen LogP contribution >= 0.6 is 11.3 Å². The molecule has 0 spiro atoms. The van der Waals surface area contributed by atoms with Crippen molar-refractivity contribution >= 4 is 33.3 Å². The fourth-order valence-corrected chi connectivity index (χ4v) is 4.97. The number of rotatable bonds is 5. The van der Waals surface area contributed by atoms with E-state index in [0.717, 1.165) is 30.5 Å². The van der Waals surface area contributed by atoms with E-state index in [1.165, 1.54) is 29.3 Å². The van der Waals surface area contributed by atoms with E-state index in [2.05, 4.69) is 50.7 Å². The topological polar surface area (TPSA) is 52.2 Å². The minimum Gasteiger partial charge on any atom is -0.361 e. The summed E-state index contributed by atoms with van der Waals surface area (Å²) < 4.78 is 0. The first kappa shape index (κ1) is 18.2. The number of fused-ring (bicyclic) bond motifs is 1. The molecular weight excluding hydrogens is 356 g/mol. The molecule has 0 atom stereocenters. The lowest BCUT2D eigenvalue weighted by Gasteiger charge is -2.31. The monoisotopic (exact) mass is 382 g/mol. The van der Waals surface area contributed by atoms with Crippen molar-refractivity contribution < 1.29 is 4.79 Å². The zero-order valence-electron chi connectivity index (χ0n) is 15.9. The number of aromatic amines is 1. The van der Waals surface area contributed by atoms with Crippen LogP contribution in [-0.4, -0.2) is 40.4 Å². The molecule has 2 aromatic heterocycles. The fourth-order valence-electron chi connectivity index (χ4n) is 4.05. The summed E-state index contributed by atoms with van der Waals surface area (Å²) >= 11 is 1.56. The number of likely N-dealkylation sites (tertiary alicyclic amines) is 1. The van der Waals surface area contributed by atoms with Crippen LogP contribution in [0.5, 0.6) is 0 Å². The Morgan fingerprint density at radius 2 is 2.11 bits per heavy atom. The van der Waals surface area contributed by atoms with E-state index in [1.807, 2.05) is 6.92 Å². The Labute approximate surface area is 164 Å². The van der Waals surface area contributed by atoms with Crippen molar-refractivity contribution in [2.24, 2.45) is 0 Å². The minimum atomic E-state index is 0.0537. The number of aromatic nitrogens is 2. The molecule has 1 N–H and O–H groups in total. The van der Waals surface area contributed by atoms with Crippen molar-refractivity contribution in [2.45, 2.75) is 39.2 Å². The van der Waals surface area contributed by atoms with Gasteiger partial charge in [-0.1, -0.05) is 18.2 Å². The first-order valence-corrected chi connectivity index (χ1v) is 10.5. The van der Waals surface area contributed by atoms with E-state index in [9.17, 15) is 4.79 Å². The Morgan fingerprint density at radius 1 is 1.33 bits per heavy atom. The van der Waals surface area contributed by atoms with Gasteiger partial charge < -0.3 is 4.98 Å². The lowest BCUT2D eigenvalue weighted by Crippen LogP contribution is -2.32. The SMILES string of the molecule is CCN(C(C)=O)c1nc(CN2CCC(c3c[nH]c4ccccc34)CC2)cs1. The van der Waals surface area contributed by atoms with Gasteiger partial charge in [0.15, 0.2) is 5.13 Å². The van der Waals surface area contributed by atoms with Crippen LogP contribution in [0.3, 0.4) is 0 Å². The van der Waals surface area contributed by atoms with Gasteiger partial charge in [0.2, 0.25) is 5.91 Å². The van der Waals surface area contributed by atoms with E-state index in [4.69, 9.17) is 0 Å². The Kier molecular flexibility index (Phi) is 5.27. The molecule has 1 amide bonds. The predicted octanol–water partition coefficient (Wildman–Crippen LogP) is 4.38. The van der Waals surface area contributed by atoms with Gasteiger partial charge in [0, 0.05) is 42.5 Å². The van der Waals surface area contributed by atoms with E-state index in [0.29, 0.717) is 12.5 Å². The Balaban J connectivity index is 1.37. The van der Waals surface area contributed by atoms with Gasteiger partial charge in [0.1, 0.15) is 0 Å². The molecule has 0 aliphatic carbocycles. The molecule has 1 aromatic carbocycles. The molecule has 0 bridgehead atoms. The molecule has 6 heteroatoms. The van der Waals surface area contributed by atoms with Gasteiger partial charge in [-0.3, -0.25) is 14.6 Å². The number of hydrogen-bond acceptors (Lipinski definition) is 4. The molecule has 3 aromatic rings. The summed E-state index contributed by atoms with van der Waals surface area (Å²) in [5.74, 6) is 0.676. The van der Waals surface area contributed by atoms with Gasteiger partial charge in [-0.15, -0.1) is 11.3 Å². The Hall–Kier alpha value is -2.18. The molecular formula is C21H26N4OS. The number of thiazole rings is 1. The van der Waals surface area contributed by atoms with Crippen LogP contribution < -0.4 is 4.90 Å². The van der Waals surface area contributed by atoms with Crippen LogP contribution in [0, 0.1) is 0 Å². The second-order valence-electron chi connectivity index (χ2n) is 7.22. The van der Waals surface area contributed by atoms with Gasteiger partial charge in [-0.25, -0.2) is 4.98 Å². The Bertz CT molecular complexity index is 923. The van der Waals surface area contributed by atoms with Crippen molar-refractivity contribution in [3.8, 4) is 0 Å². The maximum Gasteiger partial charge on any atom is 0.225 e. The van der Waals surface area contributed by atoms with Gasteiger partial charge in [0.05, 0.1) is 5.69 Å². The van der Waals surface area contributed by atoms with E-state index in [1.54, 1.807) is 23.2 Å². The van der Waals surface area contributed by atoms with Crippen molar-refractivity contribution in [3.63, 3.8) is 0 Å². The number of piperidine rings is 1. The molecule has 1 aliphatic rings. The van der Waals surface area contributed by atoms with E-state index >= 15 is 0 Å². The van der Waals surface area contributed by atoms with Gasteiger partial charge in [-0.2, -0.15) is 0 Å². The van der Waals surface area contributed by atoms with Crippen LogP contribution in [0.15, 0.2) is 35.8 Å². The first-order valence-electron chi connectivity index (χ1n) is 9.66. The van der Waals surface area contributed by atoms with Crippen molar-refractivity contribution in [1.82, 2.24) is 14.9 Å². The number of para-hydroxylation sites is 1. The summed E-state index contributed by atoms with van der Waals surface area (Å²) in [6, 6.07) is 8.57. The van der Waals surface area contributed by atoms with Crippen molar-refractivity contribution in [2.75, 3.05) is 24.5 Å². The average molecular weight is 383 g/mol. The third-order valence-corrected chi connectivity index (χ3v) is 6.41. The quantitative estimate of drug-likeness (QED) is 0.713. The van der Waals surface area contributed by atoms with E-state index in [-0.39, 0.29) is 5.91 Å². The molecule has 142 valence electrons. The molecule has 0 saturated carbocycles. The molecule has 0 unspecified atom stereocenters. The van der Waals surface area contributed by atoms with Gasteiger partial charge in [0.25, 0.3) is 0 Å². The Morgan fingerprint density at radius 3 is 2.85 bits per heavy atom. The highest BCUT2D eigenvalue weighted by Gasteiger charge is 2.23. The maximum atomic E-state index is 11.7. The third-order valence-electron chi connectivity index (χ3n) is 5.50. The lowest BCUT2D eigenvalue weighted by atomic mass is 9.89. The number of nitrogens with one attached hydrogen (secondary N) is 1. The maximum absolute atomic E-state index is 11.7. The van der Waals surface area contributed by atoms with Crippen LogP contribution in [0.4, 0.5) is 5.13 Å². The molecule has 1 fully saturated rings. The zero-order valence-corrected chi connectivity index (χ0v) is 16.8. The van der Waals surface area contributed by atoms with E-state index < -0.39 is 0 Å². The zero-order chi connectivity index (χ0) is 18.8. The summed E-state index contributed by atoms with van der Waals surface area (Å²) in [5, 5.41) is 4.27. The number of benzene rings is 1. The van der Waals surface area contributed by atoms with Crippen molar-refractivity contribution in [1.29, 1.82) is 0 Å². The third kappa shape index (κ3) is 3.77. The number of nitrogens with zero attached hydrogens (tertiary/aromatic N) is 3. The molecule has 1 saturated heterocycles. The number of carbonyl (C=O) groups is 1. The number of H-pyrrole nitrogens is 1. The minimum absolute atomic E-state index is 0.0537. The smallest absolute Gasteiger partial charge is 0.225 e. The average Bonchev–Trinajstić information content (AvgIpc) is 3.30. The summed E-state index contributed by atoms with van der Waals surface area (Å²) in [6.07, 6.45) is 4.54. The normalized spacial score (nSPS) is 16.1. The second-order valence-corrected chi connectivity index (χ2v) is 8.06. The van der Waals surface area contributed by atoms with Crippen LogP contribution in [0.1, 0.15) is 43.9 Å². The van der Waals surface area contributed by atoms with Crippen LogP contribution in [0.25, 0.3) is 10.9 Å². The fraction of sp³-hybridized carbons (Fsp3) is 0.429. The molecule has 1 aliphatic heterocycles. The highest BCUT2D eigenvalue weighted by Crippen LogP contribution is 2.33. The molecule has 3 heterocycles. The largest absolute Gasteiger partial charge is 0.361 e. The highest BCUT2D eigenvalue weighted by molar-refractivity contribution is 7.14. The van der Waals surface area contributed by atoms with Crippen LogP contribution in [-0.2, 0) is 11.3 Å². The number of hydrogen-bond donors (Lipinski definition) is 1. The summed E-state index contributed by atoms with van der Waals surface area (Å²) in [4.78, 5) is 24.0. The van der Waals surface area contributed by atoms with Gasteiger partial charge in [-0.05, 0) is 50.4 Å². The summed E-state index contributed by atoms with van der Waals surface area (Å²) in [7, 11) is 0. The molecule has 4 rings (SSSR count). The van der Waals surface area contributed by atoms with Gasteiger partial charge >= 0.3 is 0 Å². The predicted molar refractivity (Wildman–Crippen MR) is 111 cm³/mol. The second kappa shape index (κ2) is 7.82. The number of amides is 1.